The Morgan fingerprint density at radius 3 is 2.47 bits per heavy atom. The summed E-state index contributed by atoms with van der Waals surface area (Å²) >= 11 is 6.16. The molecule has 0 spiro atoms. The van der Waals surface area contributed by atoms with Gasteiger partial charge >= 0.3 is 6.18 Å². The van der Waals surface area contributed by atoms with Crippen molar-refractivity contribution in [1.82, 2.24) is 29.0 Å². The van der Waals surface area contributed by atoms with E-state index in [4.69, 9.17) is 31.8 Å². The molecule has 0 amide bonds. The molecule has 0 saturated heterocycles. The van der Waals surface area contributed by atoms with Gasteiger partial charge in [0.15, 0.2) is 5.79 Å². The molecule has 294 valence electrons. The van der Waals surface area contributed by atoms with E-state index in [2.05, 4.69) is 52.0 Å². The van der Waals surface area contributed by atoms with Crippen LogP contribution >= 0.6 is 21.6 Å². The predicted molar refractivity (Wildman–Crippen MR) is 207 cm³/mol. The van der Waals surface area contributed by atoms with Gasteiger partial charge in [0.1, 0.15) is 30.3 Å². The number of hydrogen-bond donors (Lipinski definition) is 2. The van der Waals surface area contributed by atoms with Gasteiger partial charge in [-0.25, -0.2) is 25.0 Å². The van der Waals surface area contributed by atoms with Crippen molar-refractivity contribution < 1.29 is 27.8 Å². The molecule has 0 bridgehead atoms. The fraction of sp³-hybridized carbons (Fsp3) is 0.658. The van der Waals surface area contributed by atoms with Crippen LogP contribution in [-0.2, 0) is 28.8 Å². The molecule has 4 aromatic rings. The SMILES string of the molecule is CC(C)N(CC1CC(Cc2nc3cc(C(F)(F)F)c(Cl)cc3n2COCCS(C)(C)C)C1)C[C@H]1C[C@@H](n2ccc3c(N)ncnc32)C[C@@H]1OC(C)(C)O. The van der Waals surface area contributed by atoms with Crippen molar-refractivity contribution in [3.05, 3.63) is 47.1 Å². The highest BCUT2D eigenvalue weighted by molar-refractivity contribution is 8.32. The van der Waals surface area contributed by atoms with E-state index in [1.165, 1.54) is 12.4 Å². The van der Waals surface area contributed by atoms with Crippen LogP contribution in [0.3, 0.4) is 0 Å². The first-order valence-corrected chi connectivity index (χ1v) is 21.9. The number of fused-ring (bicyclic) bond motifs is 2. The summed E-state index contributed by atoms with van der Waals surface area (Å²) in [6, 6.07) is 4.84. The Kier molecular flexibility index (Phi) is 11.7. The number of aliphatic hydroxyl groups is 1. The van der Waals surface area contributed by atoms with E-state index in [1.807, 2.05) is 16.8 Å². The highest BCUT2D eigenvalue weighted by atomic mass is 35.5. The molecule has 0 unspecified atom stereocenters. The number of nitrogens with zero attached hydrogens (tertiary/aromatic N) is 6. The van der Waals surface area contributed by atoms with Gasteiger partial charge in [-0.2, -0.15) is 13.2 Å². The monoisotopic (exact) mass is 781 g/mol. The molecule has 0 aliphatic heterocycles. The lowest BCUT2D eigenvalue weighted by Gasteiger charge is -2.41. The minimum absolute atomic E-state index is 0.140. The van der Waals surface area contributed by atoms with Crippen molar-refractivity contribution in [2.75, 3.05) is 50.0 Å². The molecule has 3 aromatic heterocycles. The molecular weight excluding hydrogens is 727 g/mol. The number of alkyl halides is 3. The van der Waals surface area contributed by atoms with Crippen LogP contribution in [0.15, 0.2) is 30.7 Å². The molecule has 3 heterocycles. The summed E-state index contributed by atoms with van der Waals surface area (Å²) in [5.41, 5.74) is 6.91. The number of aromatic nitrogens is 5. The second-order valence-electron chi connectivity index (χ2n) is 16.8. The van der Waals surface area contributed by atoms with E-state index in [9.17, 15) is 18.3 Å². The first-order chi connectivity index (χ1) is 24.8. The second kappa shape index (κ2) is 15.5. The van der Waals surface area contributed by atoms with Crippen molar-refractivity contribution in [2.24, 2.45) is 17.8 Å². The van der Waals surface area contributed by atoms with Gasteiger partial charge in [0, 0.05) is 43.5 Å². The second-order valence-corrected chi connectivity index (χ2v) is 21.8. The maximum atomic E-state index is 13.7. The van der Waals surface area contributed by atoms with E-state index in [0.29, 0.717) is 42.2 Å². The summed E-state index contributed by atoms with van der Waals surface area (Å²) in [6.07, 6.45) is 9.78. The fourth-order valence-corrected chi connectivity index (χ4v) is 8.91. The zero-order chi connectivity index (χ0) is 38.5. The maximum Gasteiger partial charge on any atom is 0.417 e. The van der Waals surface area contributed by atoms with Crippen LogP contribution < -0.4 is 5.73 Å². The lowest BCUT2D eigenvalue weighted by Crippen LogP contribution is -2.45. The topological polar surface area (TPSA) is 116 Å². The van der Waals surface area contributed by atoms with Crippen LogP contribution in [0.2, 0.25) is 5.02 Å². The lowest BCUT2D eigenvalue weighted by atomic mass is 9.72. The third-order valence-corrected chi connectivity index (χ3v) is 12.5. The zero-order valence-corrected chi connectivity index (χ0v) is 33.4. The van der Waals surface area contributed by atoms with Crippen LogP contribution in [0.25, 0.3) is 22.1 Å². The molecule has 53 heavy (non-hydrogen) atoms. The van der Waals surface area contributed by atoms with Crippen molar-refractivity contribution in [3.8, 4) is 0 Å². The van der Waals surface area contributed by atoms with E-state index in [-0.39, 0.29) is 35.3 Å². The quantitative estimate of drug-likeness (QED) is 0.0930. The number of anilines is 1. The van der Waals surface area contributed by atoms with Crippen LogP contribution in [0.4, 0.5) is 19.0 Å². The van der Waals surface area contributed by atoms with Gasteiger partial charge in [0.2, 0.25) is 0 Å². The van der Waals surface area contributed by atoms with Gasteiger partial charge in [-0.15, -0.1) is 0 Å². The Balaban J connectivity index is 1.13. The molecule has 6 rings (SSSR count). The summed E-state index contributed by atoms with van der Waals surface area (Å²) in [4.78, 5) is 15.9. The number of nitrogen functional groups attached to an aromatic ring is 1. The fourth-order valence-electron chi connectivity index (χ4n) is 8.03. The molecule has 2 aliphatic carbocycles. The Morgan fingerprint density at radius 1 is 1.08 bits per heavy atom. The van der Waals surface area contributed by atoms with Gasteiger partial charge in [-0.1, -0.05) is 11.6 Å². The standard InChI is InChI=1S/C38H55ClF3N7O3S/c1-23(2)47(20-26-15-27(16-33(26)52-37(3,4)50)48-9-8-28-35(43)44-21-45-36(28)48)19-25-12-24(13-25)14-34-46-31-17-29(38(40,41)42)30(39)18-32(31)49(34)22-51-10-11-53(5,6)7/h8-9,17-18,21,23-27,33,50H,10-16,19-20,22H2,1-7H3,(H2,43,44,45)/t24?,25?,26-,27-,33+/m1/s1. The Labute approximate surface area is 316 Å². The molecule has 3 atom stereocenters. The van der Waals surface area contributed by atoms with E-state index < -0.39 is 27.6 Å². The van der Waals surface area contributed by atoms with E-state index >= 15 is 0 Å². The number of nitrogens with two attached hydrogens (primary N) is 1. The predicted octanol–water partition coefficient (Wildman–Crippen LogP) is 7.75. The number of ether oxygens (including phenoxy) is 2. The normalized spacial score (nSPS) is 23.2. The molecule has 1 aromatic carbocycles. The number of imidazole rings is 1. The minimum atomic E-state index is -4.56. The van der Waals surface area contributed by atoms with Crippen LogP contribution in [0.1, 0.15) is 70.8 Å². The molecular formula is C38H55ClF3N7O3S. The van der Waals surface area contributed by atoms with Gasteiger partial charge in [0.05, 0.1) is 39.7 Å². The van der Waals surface area contributed by atoms with Crippen LogP contribution in [0, 0.1) is 17.8 Å². The number of hydrogen-bond acceptors (Lipinski definition) is 8. The summed E-state index contributed by atoms with van der Waals surface area (Å²) < 4.78 is 57.6. The highest BCUT2D eigenvalue weighted by Crippen LogP contribution is 2.43. The average molecular weight is 782 g/mol. The summed E-state index contributed by atoms with van der Waals surface area (Å²) in [5, 5.41) is 11.2. The van der Waals surface area contributed by atoms with Crippen LogP contribution in [-0.4, -0.2) is 96.2 Å². The average Bonchev–Trinajstić information content (AvgIpc) is 3.71. The Bertz CT molecular complexity index is 1880. The molecule has 3 N–H and O–H groups in total. The number of rotatable bonds is 15. The van der Waals surface area contributed by atoms with Crippen molar-refractivity contribution in [3.63, 3.8) is 0 Å². The van der Waals surface area contributed by atoms with E-state index in [1.54, 1.807) is 13.8 Å². The first kappa shape index (κ1) is 40.1. The van der Waals surface area contributed by atoms with Crippen molar-refractivity contribution in [1.29, 1.82) is 0 Å². The smallest absolute Gasteiger partial charge is 0.383 e. The van der Waals surface area contributed by atoms with E-state index in [0.717, 1.165) is 67.4 Å². The number of halogens is 4. The summed E-state index contributed by atoms with van der Waals surface area (Å²) in [6.45, 7) is 10.4. The third kappa shape index (κ3) is 9.61. The van der Waals surface area contributed by atoms with Gasteiger partial charge in [0.25, 0.3) is 0 Å². The number of benzene rings is 1. The molecule has 15 heteroatoms. The van der Waals surface area contributed by atoms with Crippen LogP contribution in [0.5, 0.6) is 0 Å². The lowest BCUT2D eigenvalue weighted by molar-refractivity contribution is -0.213. The molecule has 2 saturated carbocycles. The largest absolute Gasteiger partial charge is 0.417 e. The van der Waals surface area contributed by atoms with Crippen molar-refractivity contribution >= 4 is 49.5 Å². The first-order valence-electron chi connectivity index (χ1n) is 18.5. The van der Waals surface area contributed by atoms with Crippen molar-refractivity contribution in [2.45, 2.75) is 96.7 Å². The molecule has 2 aliphatic rings. The highest BCUT2D eigenvalue weighted by Gasteiger charge is 2.41. The Morgan fingerprint density at radius 2 is 1.81 bits per heavy atom. The van der Waals surface area contributed by atoms with Gasteiger partial charge < -0.3 is 34.3 Å². The maximum absolute atomic E-state index is 13.7. The summed E-state index contributed by atoms with van der Waals surface area (Å²) in [5.74, 6) is 1.90. The third-order valence-electron chi connectivity index (χ3n) is 10.8. The Hall–Kier alpha value is -2.62. The molecule has 2 fully saturated rings. The van der Waals surface area contributed by atoms with Gasteiger partial charge in [-0.05, 0) is 108 Å². The molecule has 0 radical (unpaired) electrons. The molecule has 10 nitrogen and oxygen atoms in total. The summed E-state index contributed by atoms with van der Waals surface area (Å²) in [7, 11) is -0.752. The minimum Gasteiger partial charge on any atom is -0.383 e. The zero-order valence-electron chi connectivity index (χ0n) is 31.9. The van der Waals surface area contributed by atoms with Gasteiger partial charge in [-0.3, -0.25) is 0 Å².